The lowest BCUT2D eigenvalue weighted by Gasteiger charge is -2.20. The lowest BCUT2D eigenvalue weighted by molar-refractivity contribution is -0.384. The Morgan fingerprint density at radius 2 is 2.05 bits per heavy atom. The second-order valence-electron chi connectivity index (χ2n) is 5.28. The summed E-state index contributed by atoms with van der Waals surface area (Å²) in [5, 5.41) is 20.3. The van der Waals surface area contributed by atoms with Crippen molar-refractivity contribution in [1.29, 1.82) is 0 Å². The monoisotopic (exact) mass is 278 g/mol. The van der Waals surface area contributed by atoms with Gasteiger partial charge in [-0.3, -0.25) is 14.9 Å². The first-order valence-electron chi connectivity index (χ1n) is 6.62. The second kappa shape index (κ2) is 6.00. The number of nitrogens with zero attached hydrogens (tertiary/aromatic N) is 2. The van der Waals surface area contributed by atoms with E-state index in [1.807, 2.05) is 0 Å². The molecule has 0 heterocycles. The maximum absolute atomic E-state index is 12.0. The highest BCUT2D eigenvalue weighted by Gasteiger charge is 2.31. The summed E-state index contributed by atoms with van der Waals surface area (Å²) in [5.74, 6) is 0.239. The lowest BCUT2D eigenvalue weighted by atomic mass is 10.1. The quantitative estimate of drug-likeness (QED) is 0.629. The van der Waals surface area contributed by atoms with Crippen LogP contribution < -0.4 is 0 Å². The number of amides is 1. The van der Waals surface area contributed by atoms with Gasteiger partial charge in [-0.2, -0.15) is 0 Å². The van der Waals surface area contributed by atoms with Crippen molar-refractivity contribution in [2.24, 2.45) is 5.92 Å². The second-order valence-corrected chi connectivity index (χ2v) is 5.28. The van der Waals surface area contributed by atoms with Gasteiger partial charge in [0.15, 0.2) is 0 Å². The molecule has 1 amide bonds. The Kier molecular flexibility index (Phi) is 4.34. The highest BCUT2D eigenvalue weighted by atomic mass is 16.6. The van der Waals surface area contributed by atoms with E-state index in [0.29, 0.717) is 12.5 Å². The summed E-state index contributed by atoms with van der Waals surface area (Å²) in [7, 11) is 1.67. The molecule has 1 aliphatic rings. The van der Waals surface area contributed by atoms with Crippen LogP contribution in [-0.4, -0.2) is 40.5 Å². The predicted octanol–water partition coefficient (Wildman–Crippen LogP) is 1.37. The van der Waals surface area contributed by atoms with Gasteiger partial charge in [-0.1, -0.05) is 12.1 Å². The van der Waals surface area contributed by atoms with Gasteiger partial charge >= 0.3 is 0 Å². The number of carbonyl (C=O) groups is 1. The molecule has 1 N–H and O–H groups in total. The van der Waals surface area contributed by atoms with Crippen LogP contribution in [0.3, 0.4) is 0 Å². The van der Waals surface area contributed by atoms with E-state index in [9.17, 15) is 20.0 Å². The number of hydrogen-bond acceptors (Lipinski definition) is 4. The van der Waals surface area contributed by atoms with Gasteiger partial charge in [-0.05, 0) is 24.3 Å². The number of benzene rings is 1. The molecule has 1 aromatic rings. The van der Waals surface area contributed by atoms with Crippen LogP contribution in [-0.2, 0) is 11.2 Å². The third kappa shape index (κ3) is 3.77. The molecular formula is C14H18N2O4. The lowest BCUT2D eigenvalue weighted by Crippen LogP contribution is -2.36. The Balaban J connectivity index is 1.87. The van der Waals surface area contributed by atoms with Crippen molar-refractivity contribution >= 4 is 11.6 Å². The topological polar surface area (TPSA) is 83.7 Å². The van der Waals surface area contributed by atoms with Crippen molar-refractivity contribution in [2.45, 2.75) is 25.4 Å². The van der Waals surface area contributed by atoms with Gasteiger partial charge in [-0.25, -0.2) is 0 Å². The number of non-ortho nitro benzene ring substituents is 1. The largest absolute Gasteiger partial charge is 0.391 e. The van der Waals surface area contributed by atoms with E-state index in [4.69, 9.17) is 0 Å². The van der Waals surface area contributed by atoms with Crippen LogP contribution in [0.15, 0.2) is 24.3 Å². The molecule has 0 aliphatic heterocycles. The van der Waals surface area contributed by atoms with E-state index in [-0.39, 0.29) is 18.0 Å². The minimum atomic E-state index is -0.469. The normalized spacial score (nSPS) is 15.7. The first kappa shape index (κ1) is 14.5. The maximum Gasteiger partial charge on any atom is 0.269 e. The van der Waals surface area contributed by atoms with Gasteiger partial charge in [-0.15, -0.1) is 0 Å². The average molecular weight is 278 g/mol. The number of aliphatic hydroxyl groups excluding tert-OH is 1. The van der Waals surface area contributed by atoms with Gasteiger partial charge in [0.1, 0.15) is 0 Å². The third-order valence-electron chi connectivity index (χ3n) is 3.56. The molecule has 20 heavy (non-hydrogen) atoms. The Morgan fingerprint density at radius 1 is 1.45 bits per heavy atom. The molecule has 6 nitrogen and oxygen atoms in total. The molecule has 1 unspecified atom stereocenters. The number of aliphatic hydroxyl groups is 1. The van der Waals surface area contributed by atoms with Gasteiger partial charge < -0.3 is 10.0 Å². The van der Waals surface area contributed by atoms with Crippen molar-refractivity contribution in [3.63, 3.8) is 0 Å². The van der Waals surface area contributed by atoms with E-state index in [0.717, 1.165) is 18.4 Å². The molecule has 108 valence electrons. The van der Waals surface area contributed by atoms with Crippen molar-refractivity contribution in [2.75, 3.05) is 13.6 Å². The van der Waals surface area contributed by atoms with Gasteiger partial charge in [0.05, 0.1) is 17.4 Å². The van der Waals surface area contributed by atoms with Crippen LogP contribution in [0.1, 0.15) is 18.4 Å². The number of nitro groups is 1. The summed E-state index contributed by atoms with van der Waals surface area (Å²) in [4.78, 5) is 23.6. The number of nitro benzene ring substituents is 1. The summed E-state index contributed by atoms with van der Waals surface area (Å²) in [6.07, 6.45) is 1.81. The zero-order chi connectivity index (χ0) is 14.7. The van der Waals surface area contributed by atoms with E-state index in [2.05, 4.69) is 0 Å². The smallest absolute Gasteiger partial charge is 0.269 e. The fraction of sp³-hybridized carbons (Fsp3) is 0.500. The van der Waals surface area contributed by atoms with Gasteiger partial charge in [0.2, 0.25) is 5.91 Å². The number of carbonyl (C=O) groups excluding carboxylic acids is 1. The SMILES string of the molecule is CN(CC(O)C1CC1)C(=O)Cc1ccc([N+](=O)[O-])cc1. The van der Waals surface area contributed by atoms with Crippen LogP contribution in [0.2, 0.25) is 0 Å². The van der Waals surface area contributed by atoms with Crippen LogP contribution in [0.25, 0.3) is 0 Å². The Labute approximate surface area is 117 Å². The maximum atomic E-state index is 12.0. The van der Waals surface area contributed by atoms with Crippen molar-refractivity contribution in [3.8, 4) is 0 Å². The Bertz CT molecular complexity index is 496. The molecule has 1 atom stereocenters. The molecule has 0 bridgehead atoms. The fourth-order valence-corrected chi connectivity index (χ4v) is 2.06. The summed E-state index contributed by atoms with van der Waals surface area (Å²) in [6, 6.07) is 5.95. The first-order valence-corrected chi connectivity index (χ1v) is 6.62. The zero-order valence-electron chi connectivity index (χ0n) is 11.4. The first-order chi connectivity index (χ1) is 9.47. The molecule has 0 saturated heterocycles. The van der Waals surface area contributed by atoms with Crippen molar-refractivity contribution in [1.82, 2.24) is 4.90 Å². The molecule has 1 aliphatic carbocycles. The molecule has 6 heteroatoms. The molecule has 0 spiro atoms. The highest BCUT2D eigenvalue weighted by molar-refractivity contribution is 5.78. The zero-order valence-corrected chi connectivity index (χ0v) is 11.4. The van der Waals surface area contributed by atoms with Gasteiger partial charge in [0.25, 0.3) is 5.69 Å². The van der Waals surface area contributed by atoms with E-state index in [1.54, 1.807) is 19.2 Å². The van der Waals surface area contributed by atoms with Crippen LogP contribution in [0.4, 0.5) is 5.69 Å². The summed E-state index contributed by atoms with van der Waals surface area (Å²) >= 11 is 0. The molecule has 1 fully saturated rings. The summed E-state index contributed by atoms with van der Waals surface area (Å²) in [6.45, 7) is 0.344. The van der Waals surface area contributed by atoms with E-state index in [1.165, 1.54) is 17.0 Å². The summed E-state index contributed by atoms with van der Waals surface area (Å²) < 4.78 is 0. The fourth-order valence-electron chi connectivity index (χ4n) is 2.06. The summed E-state index contributed by atoms with van der Waals surface area (Å²) in [5.41, 5.74) is 0.743. The molecule has 0 aromatic heterocycles. The van der Waals surface area contributed by atoms with Crippen LogP contribution in [0.5, 0.6) is 0 Å². The standard InChI is InChI=1S/C14H18N2O4/c1-15(9-13(17)11-4-5-11)14(18)8-10-2-6-12(7-3-10)16(19)20/h2-3,6-7,11,13,17H,4-5,8-9H2,1H3. The Hall–Kier alpha value is -1.95. The number of rotatable bonds is 6. The van der Waals surface area contributed by atoms with Crippen LogP contribution >= 0.6 is 0 Å². The average Bonchev–Trinajstić information content (AvgIpc) is 3.23. The molecule has 0 radical (unpaired) electrons. The highest BCUT2D eigenvalue weighted by Crippen LogP contribution is 2.32. The minimum absolute atomic E-state index is 0.0127. The van der Waals surface area contributed by atoms with Crippen LogP contribution in [0, 0.1) is 16.0 Å². The van der Waals surface area contributed by atoms with Crippen molar-refractivity contribution in [3.05, 3.63) is 39.9 Å². The van der Waals surface area contributed by atoms with E-state index >= 15 is 0 Å². The molecule has 1 saturated carbocycles. The minimum Gasteiger partial charge on any atom is -0.391 e. The number of likely N-dealkylation sites (N-methyl/N-ethyl adjacent to an activating group) is 1. The number of hydrogen-bond donors (Lipinski definition) is 1. The molecular weight excluding hydrogens is 260 g/mol. The van der Waals surface area contributed by atoms with E-state index < -0.39 is 11.0 Å². The molecule has 1 aromatic carbocycles. The van der Waals surface area contributed by atoms with Crippen molar-refractivity contribution < 1.29 is 14.8 Å². The van der Waals surface area contributed by atoms with Gasteiger partial charge in [0, 0.05) is 25.7 Å². The third-order valence-corrected chi connectivity index (χ3v) is 3.56. The molecule has 2 rings (SSSR count). The predicted molar refractivity (Wildman–Crippen MR) is 73.2 cm³/mol. The Morgan fingerprint density at radius 3 is 2.55 bits per heavy atom.